The minimum absolute atomic E-state index is 0.112. The van der Waals surface area contributed by atoms with Crippen LogP contribution < -0.4 is 5.32 Å². The van der Waals surface area contributed by atoms with Gasteiger partial charge in [0.2, 0.25) is 11.8 Å². The number of carboxylic acid groups (broad SMARTS) is 1. The minimum Gasteiger partial charge on any atom is -0.481 e. The predicted octanol–water partition coefficient (Wildman–Crippen LogP) is 1.64. The SMILES string of the molecule is CC(NC(=O)C1CCCCC1C(=O)N1CCCC1)C(C)C(=O)O. The number of hydrogen-bond acceptors (Lipinski definition) is 3. The van der Waals surface area contributed by atoms with Gasteiger partial charge in [-0.25, -0.2) is 0 Å². The van der Waals surface area contributed by atoms with Crippen LogP contribution in [0.2, 0.25) is 0 Å². The van der Waals surface area contributed by atoms with Gasteiger partial charge in [-0.15, -0.1) is 0 Å². The van der Waals surface area contributed by atoms with Crippen molar-refractivity contribution in [1.29, 1.82) is 0 Å². The molecular weight excluding hydrogens is 296 g/mol. The van der Waals surface area contributed by atoms with Crippen LogP contribution in [-0.2, 0) is 14.4 Å². The lowest BCUT2D eigenvalue weighted by atomic mass is 9.77. The lowest BCUT2D eigenvalue weighted by Gasteiger charge is -2.33. The molecule has 1 saturated heterocycles. The van der Waals surface area contributed by atoms with E-state index in [0.717, 1.165) is 45.2 Å². The van der Waals surface area contributed by atoms with E-state index in [2.05, 4.69) is 5.32 Å². The first-order chi connectivity index (χ1) is 10.9. The third-order valence-corrected chi connectivity index (χ3v) is 5.35. The number of carbonyl (C=O) groups is 3. The van der Waals surface area contributed by atoms with Crippen LogP contribution in [0.1, 0.15) is 52.4 Å². The van der Waals surface area contributed by atoms with Crippen molar-refractivity contribution in [3.05, 3.63) is 0 Å². The number of carboxylic acids is 1. The fourth-order valence-electron chi connectivity index (χ4n) is 3.58. The smallest absolute Gasteiger partial charge is 0.308 e. The highest BCUT2D eigenvalue weighted by atomic mass is 16.4. The zero-order valence-corrected chi connectivity index (χ0v) is 14.1. The quantitative estimate of drug-likeness (QED) is 0.805. The molecule has 2 fully saturated rings. The Kier molecular flexibility index (Phi) is 6.02. The van der Waals surface area contributed by atoms with Crippen LogP contribution in [0.4, 0.5) is 0 Å². The molecule has 2 aliphatic rings. The predicted molar refractivity (Wildman–Crippen MR) is 85.7 cm³/mol. The zero-order chi connectivity index (χ0) is 17.0. The third-order valence-electron chi connectivity index (χ3n) is 5.35. The highest BCUT2D eigenvalue weighted by molar-refractivity contribution is 5.88. The normalized spacial score (nSPS) is 27.3. The molecule has 2 rings (SSSR count). The molecule has 2 N–H and O–H groups in total. The fraction of sp³-hybridized carbons (Fsp3) is 0.824. The second-order valence-corrected chi connectivity index (χ2v) is 6.95. The van der Waals surface area contributed by atoms with Gasteiger partial charge in [0.25, 0.3) is 0 Å². The molecule has 1 heterocycles. The van der Waals surface area contributed by atoms with Gasteiger partial charge in [0.15, 0.2) is 0 Å². The summed E-state index contributed by atoms with van der Waals surface area (Å²) in [5, 5.41) is 11.9. The van der Waals surface area contributed by atoms with Crippen molar-refractivity contribution in [2.45, 2.75) is 58.4 Å². The van der Waals surface area contributed by atoms with E-state index in [1.165, 1.54) is 0 Å². The summed E-state index contributed by atoms with van der Waals surface area (Å²) < 4.78 is 0. The molecule has 6 nitrogen and oxygen atoms in total. The summed E-state index contributed by atoms with van der Waals surface area (Å²) in [6, 6.07) is -0.440. The number of hydrogen-bond donors (Lipinski definition) is 2. The number of aliphatic carboxylic acids is 1. The molecular formula is C17H28N2O4. The van der Waals surface area contributed by atoms with E-state index < -0.39 is 17.9 Å². The molecule has 0 aromatic rings. The maximum absolute atomic E-state index is 12.7. The van der Waals surface area contributed by atoms with Gasteiger partial charge in [0, 0.05) is 31.0 Å². The van der Waals surface area contributed by atoms with Crippen LogP contribution in [0.25, 0.3) is 0 Å². The van der Waals surface area contributed by atoms with Crippen LogP contribution in [-0.4, -0.2) is 46.9 Å². The second kappa shape index (κ2) is 7.79. The Morgan fingerprint density at radius 1 is 1.00 bits per heavy atom. The fourth-order valence-corrected chi connectivity index (χ4v) is 3.58. The van der Waals surface area contributed by atoms with Gasteiger partial charge in [-0.05, 0) is 39.5 Å². The van der Waals surface area contributed by atoms with Crippen LogP contribution in [0.5, 0.6) is 0 Å². The number of likely N-dealkylation sites (tertiary alicyclic amines) is 1. The molecule has 1 aliphatic carbocycles. The Morgan fingerprint density at radius 3 is 2.13 bits per heavy atom. The number of rotatable bonds is 5. The van der Waals surface area contributed by atoms with Crippen molar-refractivity contribution >= 4 is 17.8 Å². The molecule has 0 spiro atoms. The monoisotopic (exact) mass is 324 g/mol. The summed E-state index contributed by atoms with van der Waals surface area (Å²) in [4.78, 5) is 38.2. The largest absolute Gasteiger partial charge is 0.481 e. The van der Waals surface area contributed by atoms with Gasteiger partial charge >= 0.3 is 5.97 Å². The van der Waals surface area contributed by atoms with Gasteiger partial charge < -0.3 is 15.3 Å². The summed E-state index contributed by atoms with van der Waals surface area (Å²) in [5.41, 5.74) is 0. The Labute approximate surface area is 137 Å². The topological polar surface area (TPSA) is 86.7 Å². The highest BCUT2D eigenvalue weighted by Gasteiger charge is 2.39. The Morgan fingerprint density at radius 2 is 1.57 bits per heavy atom. The van der Waals surface area contributed by atoms with E-state index in [4.69, 9.17) is 5.11 Å². The molecule has 23 heavy (non-hydrogen) atoms. The van der Waals surface area contributed by atoms with Gasteiger partial charge in [0.1, 0.15) is 0 Å². The molecule has 4 atom stereocenters. The van der Waals surface area contributed by atoms with Gasteiger partial charge in [0.05, 0.1) is 5.92 Å². The molecule has 0 aromatic heterocycles. The average molecular weight is 324 g/mol. The van der Waals surface area contributed by atoms with Crippen molar-refractivity contribution in [3.63, 3.8) is 0 Å². The van der Waals surface area contributed by atoms with Gasteiger partial charge in [-0.2, -0.15) is 0 Å². The van der Waals surface area contributed by atoms with Crippen LogP contribution in [0, 0.1) is 17.8 Å². The number of nitrogens with zero attached hydrogens (tertiary/aromatic N) is 1. The molecule has 6 heteroatoms. The van der Waals surface area contributed by atoms with E-state index in [1.54, 1.807) is 13.8 Å². The molecule has 0 radical (unpaired) electrons. The Balaban J connectivity index is 2.00. The van der Waals surface area contributed by atoms with Crippen LogP contribution in [0.3, 0.4) is 0 Å². The Hall–Kier alpha value is -1.59. The van der Waals surface area contributed by atoms with Crippen LogP contribution in [0.15, 0.2) is 0 Å². The molecule has 0 aromatic carbocycles. The van der Waals surface area contributed by atoms with E-state index in [9.17, 15) is 14.4 Å². The number of nitrogens with one attached hydrogen (secondary N) is 1. The lowest BCUT2D eigenvalue weighted by Crippen LogP contribution is -2.48. The molecule has 1 saturated carbocycles. The van der Waals surface area contributed by atoms with Crippen molar-refractivity contribution in [1.82, 2.24) is 10.2 Å². The van der Waals surface area contributed by atoms with Crippen molar-refractivity contribution in [3.8, 4) is 0 Å². The van der Waals surface area contributed by atoms with E-state index >= 15 is 0 Å². The first-order valence-electron chi connectivity index (χ1n) is 8.73. The van der Waals surface area contributed by atoms with Crippen molar-refractivity contribution < 1.29 is 19.5 Å². The maximum atomic E-state index is 12.7. The van der Waals surface area contributed by atoms with Gasteiger partial charge in [-0.3, -0.25) is 14.4 Å². The van der Waals surface area contributed by atoms with E-state index in [-0.39, 0.29) is 23.7 Å². The van der Waals surface area contributed by atoms with Gasteiger partial charge in [-0.1, -0.05) is 12.8 Å². The summed E-state index contributed by atoms with van der Waals surface area (Å²) in [6.45, 7) is 4.89. The Bertz CT molecular complexity index is 460. The molecule has 4 unspecified atom stereocenters. The highest BCUT2D eigenvalue weighted by Crippen LogP contribution is 2.32. The summed E-state index contributed by atoms with van der Waals surface area (Å²) >= 11 is 0. The summed E-state index contributed by atoms with van der Waals surface area (Å²) in [5.74, 6) is -2.18. The number of amides is 2. The summed E-state index contributed by atoms with van der Waals surface area (Å²) in [6.07, 6.45) is 5.49. The summed E-state index contributed by atoms with van der Waals surface area (Å²) in [7, 11) is 0. The number of carbonyl (C=O) groups excluding carboxylic acids is 2. The lowest BCUT2D eigenvalue weighted by molar-refractivity contribution is -0.145. The first kappa shape index (κ1) is 17.8. The zero-order valence-electron chi connectivity index (χ0n) is 14.1. The molecule has 130 valence electrons. The third kappa shape index (κ3) is 4.24. The maximum Gasteiger partial charge on any atom is 0.308 e. The van der Waals surface area contributed by atoms with E-state index in [1.807, 2.05) is 4.90 Å². The second-order valence-electron chi connectivity index (χ2n) is 6.95. The standard InChI is InChI=1S/C17H28N2O4/c1-11(17(22)23)12(2)18-15(20)13-7-3-4-8-14(13)16(21)19-9-5-6-10-19/h11-14H,3-10H2,1-2H3,(H,18,20)(H,22,23). The van der Waals surface area contributed by atoms with E-state index in [0.29, 0.717) is 6.42 Å². The molecule has 2 amide bonds. The minimum atomic E-state index is -0.925. The van der Waals surface area contributed by atoms with Crippen LogP contribution >= 0.6 is 0 Å². The van der Waals surface area contributed by atoms with Crippen molar-refractivity contribution in [2.75, 3.05) is 13.1 Å². The molecule has 1 aliphatic heterocycles. The average Bonchev–Trinajstić information content (AvgIpc) is 3.07. The first-order valence-corrected chi connectivity index (χ1v) is 8.73. The van der Waals surface area contributed by atoms with Crippen molar-refractivity contribution in [2.24, 2.45) is 17.8 Å². The molecule has 0 bridgehead atoms.